The van der Waals surface area contributed by atoms with E-state index >= 15 is 0 Å². The van der Waals surface area contributed by atoms with E-state index in [1.807, 2.05) is 13.8 Å². The summed E-state index contributed by atoms with van der Waals surface area (Å²) in [5.41, 5.74) is 0.520. The van der Waals surface area contributed by atoms with Crippen LogP contribution in [0.5, 0.6) is 5.75 Å². The summed E-state index contributed by atoms with van der Waals surface area (Å²) in [6, 6.07) is 9.69. The molecule has 0 bridgehead atoms. The fourth-order valence-electron chi connectivity index (χ4n) is 3.62. The molecule has 1 aromatic carbocycles. The van der Waals surface area contributed by atoms with E-state index in [1.165, 1.54) is 4.90 Å². The average Bonchev–Trinajstić information content (AvgIpc) is 3.28. The first-order valence-corrected chi connectivity index (χ1v) is 10.6. The minimum atomic E-state index is -0.730. The Hall–Kier alpha value is -3.02. The highest BCUT2D eigenvalue weighted by molar-refractivity contribution is 6.46. The van der Waals surface area contributed by atoms with Gasteiger partial charge in [0.25, 0.3) is 11.7 Å². The summed E-state index contributed by atoms with van der Waals surface area (Å²) in [4.78, 5) is 27.2. The van der Waals surface area contributed by atoms with Gasteiger partial charge in [-0.05, 0) is 56.2 Å². The predicted octanol–water partition coefficient (Wildman–Crippen LogP) is 4.99. The van der Waals surface area contributed by atoms with E-state index in [1.54, 1.807) is 36.4 Å². The van der Waals surface area contributed by atoms with Crippen LogP contribution in [0.1, 0.15) is 62.7 Å². The van der Waals surface area contributed by atoms with E-state index < -0.39 is 17.7 Å². The number of aliphatic hydroxyl groups is 1. The van der Waals surface area contributed by atoms with Crippen LogP contribution in [-0.4, -0.2) is 34.8 Å². The van der Waals surface area contributed by atoms with Crippen LogP contribution in [0.3, 0.4) is 0 Å². The molecular formula is C24H29NO5. The van der Waals surface area contributed by atoms with Crippen LogP contribution in [0.2, 0.25) is 0 Å². The van der Waals surface area contributed by atoms with Gasteiger partial charge in [0.15, 0.2) is 0 Å². The van der Waals surface area contributed by atoms with Gasteiger partial charge in [-0.2, -0.15) is 0 Å². The molecule has 2 aromatic rings. The number of Topliss-reactive ketones (excluding diaryl/α,β-unsaturated/α-hetero) is 1. The zero-order valence-electron chi connectivity index (χ0n) is 17.8. The maximum absolute atomic E-state index is 12.9. The van der Waals surface area contributed by atoms with Crippen molar-refractivity contribution in [2.24, 2.45) is 0 Å². The van der Waals surface area contributed by atoms with Crippen molar-refractivity contribution in [1.29, 1.82) is 0 Å². The molecule has 2 heterocycles. The molecule has 6 heteroatoms. The van der Waals surface area contributed by atoms with Crippen LogP contribution in [0.25, 0.3) is 5.76 Å². The number of amides is 1. The first kappa shape index (κ1) is 21.7. The molecule has 0 saturated carbocycles. The number of furan rings is 1. The molecule has 1 aliphatic rings. The Labute approximate surface area is 177 Å². The Bertz CT molecular complexity index is 925. The van der Waals surface area contributed by atoms with Crippen LogP contribution in [0.4, 0.5) is 0 Å². The third-order valence-electron chi connectivity index (χ3n) is 5.17. The summed E-state index contributed by atoms with van der Waals surface area (Å²) >= 11 is 0. The SMILES string of the molecule is CCCCCN1C(=O)C(=O)/C(=C(\O)c2ccc(OCCC)cc2)C1c1ccc(C)o1. The number of hydrogen-bond donors (Lipinski definition) is 1. The summed E-state index contributed by atoms with van der Waals surface area (Å²) in [5, 5.41) is 11.0. The molecule has 1 N–H and O–H groups in total. The molecule has 1 saturated heterocycles. The van der Waals surface area contributed by atoms with Gasteiger partial charge in [0.1, 0.15) is 29.1 Å². The van der Waals surface area contributed by atoms with Crippen LogP contribution in [-0.2, 0) is 9.59 Å². The monoisotopic (exact) mass is 411 g/mol. The standard InChI is InChI=1S/C24H29NO5/c1-4-6-7-14-25-21(19-13-8-16(3)30-19)20(23(27)24(25)28)22(26)17-9-11-18(12-10-17)29-15-5-2/h8-13,21,26H,4-7,14-15H2,1-3H3/b22-20-. The molecule has 3 rings (SSSR count). The zero-order chi connectivity index (χ0) is 21.7. The largest absolute Gasteiger partial charge is 0.507 e. The van der Waals surface area contributed by atoms with E-state index in [0.717, 1.165) is 25.7 Å². The van der Waals surface area contributed by atoms with Crippen molar-refractivity contribution >= 4 is 17.4 Å². The maximum atomic E-state index is 12.9. The number of benzene rings is 1. The molecule has 0 radical (unpaired) electrons. The quantitative estimate of drug-likeness (QED) is 0.272. The molecule has 1 atom stereocenters. The first-order valence-electron chi connectivity index (χ1n) is 10.6. The van der Waals surface area contributed by atoms with Crippen molar-refractivity contribution in [3.8, 4) is 5.75 Å². The molecule has 1 aliphatic heterocycles. The first-order chi connectivity index (χ1) is 14.5. The minimum Gasteiger partial charge on any atom is -0.507 e. The smallest absolute Gasteiger partial charge is 0.295 e. The highest BCUT2D eigenvalue weighted by Crippen LogP contribution is 2.40. The minimum absolute atomic E-state index is 0.0630. The Kier molecular flexibility index (Phi) is 6.98. The predicted molar refractivity (Wildman–Crippen MR) is 114 cm³/mol. The van der Waals surface area contributed by atoms with Gasteiger partial charge < -0.3 is 19.2 Å². The summed E-state index contributed by atoms with van der Waals surface area (Å²) in [5.74, 6) is 0.359. The van der Waals surface area contributed by atoms with Crippen molar-refractivity contribution in [3.05, 3.63) is 59.1 Å². The number of nitrogens with zero attached hydrogens (tertiary/aromatic N) is 1. The third-order valence-corrected chi connectivity index (χ3v) is 5.17. The second-order valence-electron chi connectivity index (χ2n) is 7.52. The number of carbonyl (C=O) groups excluding carboxylic acids is 2. The Morgan fingerprint density at radius 1 is 1.07 bits per heavy atom. The van der Waals surface area contributed by atoms with Crippen molar-refractivity contribution < 1.29 is 23.8 Å². The topological polar surface area (TPSA) is 80.0 Å². The highest BCUT2D eigenvalue weighted by Gasteiger charge is 2.47. The fraction of sp³-hybridized carbons (Fsp3) is 0.417. The molecule has 160 valence electrons. The molecular weight excluding hydrogens is 382 g/mol. The van der Waals surface area contributed by atoms with E-state index in [4.69, 9.17) is 9.15 Å². The summed E-state index contributed by atoms with van der Waals surface area (Å²) in [6.45, 7) is 6.95. The summed E-state index contributed by atoms with van der Waals surface area (Å²) in [6.07, 6.45) is 3.63. The van der Waals surface area contributed by atoms with Crippen LogP contribution in [0, 0.1) is 6.92 Å². The van der Waals surface area contributed by atoms with Gasteiger partial charge >= 0.3 is 0 Å². The second kappa shape index (κ2) is 9.65. The molecule has 30 heavy (non-hydrogen) atoms. The third kappa shape index (κ3) is 4.42. The number of likely N-dealkylation sites (tertiary alicyclic amines) is 1. The number of carbonyl (C=O) groups is 2. The molecule has 1 aromatic heterocycles. The molecule has 1 amide bonds. The summed E-state index contributed by atoms with van der Waals surface area (Å²) < 4.78 is 11.3. The number of aliphatic hydroxyl groups excluding tert-OH is 1. The van der Waals surface area contributed by atoms with Crippen LogP contribution >= 0.6 is 0 Å². The molecule has 1 unspecified atom stereocenters. The van der Waals surface area contributed by atoms with Gasteiger partial charge in [-0.3, -0.25) is 9.59 Å². The Morgan fingerprint density at radius 3 is 2.40 bits per heavy atom. The van der Waals surface area contributed by atoms with Crippen molar-refractivity contribution in [1.82, 2.24) is 4.90 Å². The molecule has 0 aliphatic carbocycles. The number of ether oxygens (including phenoxy) is 1. The van der Waals surface area contributed by atoms with Gasteiger partial charge in [0, 0.05) is 12.1 Å². The number of hydrogen-bond acceptors (Lipinski definition) is 5. The lowest BCUT2D eigenvalue weighted by Crippen LogP contribution is -2.30. The van der Waals surface area contributed by atoms with Crippen molar-refractivity contribution in [3.63, 3.8) is 0 Å². The number of rotatable bonds is 9. The lowest BCUT2D eigenvalue weighted by molar-refractivity contribution is -0.140. The van der Waals surface area contributed by atoms with E-state index in [9.17, 15) is 14.7 Å². The van der Waals surface area contributed by atoms with Crippen molar-refractivity contribution in [2.45, 2.75) is 52.5 Å². The Morgan fingerprint density at radius 2 is 1.80 bits per heavy atom. The number of ketones is 1. The average molecular weight is 411 g/mol. The molecule has 1 fully saturated rings. The van der Waals surface area contributed by atoms with E-state index in [0.29, 0.717) is 36.0 Å². The van der Waals surface area contributed by atoms with Gasteiger partial charge in [0.05, 0.1) is 12.2 Å². The van der Waals surface area contributed by atoms with Gasteiger partial charge in [-0.25, -0.2) is 0 Å². The normalized spacial score (nSPS) is 18.2. The van der Waals surface area contributed by atoms with Gasteiger partial charge in [-0.15, -0.1) is 0 Å². The van der Waals surface area contributed by atoms with E-state index in [-0.39, 0.29) is 11.3 Å². The maximum Gasteiger partial charge on any atom is 0.295 e. The molecule has 6 nitrogen and oxygen atoms in total. The number of unbranched alkanes of at least 4 members (excludes halogenated alkanes) is 2. The van der Waals surface area contributed by atoms with Gasteiger partial charge in [-0.1, -0.05) is 26.7 Å². The van der Waals surface area contributed by atoms with Crippen molar-refractivity contribution in [2.75, 3.05) is 13.2 Å². The Balaban J connectivity index is 2.00. The van der Waals surface area contributed by atoms with Gasteiger partial charge in [0.2, 0.25) is 0 Å². The summed E-state index contributed by atoms with van der Waals surface area (Å²) in [7, 11) is 0. The zero-order valence-corrected chi connectivity index (χ0v) is 17.8. The molecule has 0 spiro atoms. The lowest BCUT2D eigenvalue weighted by Gasteiger charge is -2.23. The number of aryl methyl sites for hydroxylation is 1. The van der Waals surface area contributed by atoms with Crippen LogP contribution < -0.4 is 4.74 Å². The lowest BCUT2D eigenvalue weighted by atomic mass is 9.99. The highest BCUT2D eigenvalue weighted by atomic mass is 16.5. The fourth-order valence-corrected chi connectivity index (χ4v) is 3.62. The second-order valence-corrected chi connectivity index (χ2v) is 7.52. The van der Waals surface area contributed by atoms with Crippen LogP contribution in [0.15, 0.2) is 46.4 Å². The van der Waals surface area contributed by atoms with E-state index in [2.05, 4.69) is 6.92 Å².